The lowest BCUT2D eigenvalue weighted by Gasteiger charge is -2.23. The first-order valence-electron chi connectivity index (χ1n) is 5.82. The fourth-order valence-corrected chi connectivity index (χ4v) is 1.98. The standard InChI is InChI=1S/C11H24N2/c1-3-5-9-13(4-2)10-11-7-6-8-12-11/h11-12H,3-10H2,1-2H3/t11-/m0/s1. The number of rotatable bonds is 6. The van der Waals surface area contributed by atoms with Gasteiger partial charge in [0.05, 0.1) is 0 Å². The third-order valence-electron chi connectivity index (χ3n) is 2.92. The fraction of sp³-hybridized carbons (Fsp3) is 1.00. The minimum Gasteiger partial charge on any atom is -0.313 e. The Labute approximate surface area is 82.7 Å². The Morgan fingerprint density at radius 1 is 1.38 bits per heavy atom. The molecule has 78 valence electrons. The normalized spacial score (nSPS) is 22.8. The largest absolute Gasteiger partial charge is 0.313 e. The number of hydrogen-bond donors (Lipinski definition) is 1. The van der Waals surface area contributed by atoms with Crippen molar-refractivity contribution in [2.75, 3.05) is 26.2 Å². The summed E-state index contributed by atoms with van der Waals surface area (Å²) in [6.45, 7) is 9.52. The lowest BCUT2D eigenvalue weighted by Crippen LogP contribution is -2.37. The summed E-state index contributed by atoms with van der Waals surface area (Å²) in [6, 6.07) is 0.775. The Bertz CT molecular complexity index is 119. The van der Waals surface area contributed by atoms with E-state index in [1.54, 1.807) is 0 Å². The second-order valence-corrected chi connectivity index (χ2v) is 4.04. The molecule has 1 rings (SSSR count). The van der Waals surface area contributed by atoms with Crippen LogP contribution in [0.15, 0.2) is 0 Å². The Balaban J connectivity index is 2.13. The van der Waals surface area contributed by atoms with Crippen LogP contribution >= 0.6 is 0 Å². The minimum absolute atomic E-state index is 0.775. The van der Waals surface area contributed by atoms with Crippen molar-refractivity contribution < 1.29 is 0 Å². The van der Waals surface area contributed by atoms with Crippen molar-refractivity contribution >= 4 is 0 Å². The third kappa shape index (κ3) is 4.10. The molecule has 0 bridgehead atoms. The van der Waals surface area contributed by atoms with Crippen LogP contribution in [0.3, 0.4) is 0 Å². The molecule has 0 amide bonds. The Kier molecular flexibility index (Phi) is 5.40. The van der Waals surface area contributed by atoms with Crippen molar-refractivity contribution in [3.63, 3.8) is 0 Å². The first-order chi connectivity index (χ1) is 6.36. The highest BCUT2D eigenvalue weighted by Gasteiger charge is 2.16. The average Bonchev–Trinajstić information content (AvgIpc) is 2.64. The van der Waals surface area contributed by atoms with Crippen LogP contribution in [0.4, 0.5) is 0 Å². The van der Waals surface area contributed by atoms with Crippen LogP contribution in [0.5, 0.6) is 0 Å². The van der Waals surface area contributed by atoms with Gasteiger partial charge in [0.25, 0.3) is 0 Å². The number of hydrogen-bond acceptors (Lipinski definition) is 2. The van der Waals surface area contributed by atoms with Gasteiger partial charge in [0.2, 0.25) is 0 Å². The van der Waals surface area contributed by atoms with Crippen LogP contribution in [-0.2, 0) is 0 Å². The zero-order valence-corrected chi connectivity index (χ0v) is 9.18. The average molecular weight is 184 g/mol. The van der Waals surface area contributed by atoms with Crippen LogP contribution < -0.4 is 5.32 Å². The number of nitrogens with one attached hydrogen (secondary N) is 1. The van der Waals surface area contributed by atoms with Gasteiger partial charge in [0.1, 0.15) is 0 Å². The maximum Gasteiger partial charge on any atom is 0.0195 e. The van der Waals surface area contributed by atoms with Crippen LogP contribution in [-0.4, -0.2) is 37.1 Å². The minimum atomic E-state index is 0.775. The van der Waals surface area contributed by atoms with E-state index in [4.69, 9.17) is 0 Å². The van der Waals surface area contributed by atoms with Crippen LogP contribution in [0.1, 0.15) is 39.5 Å². The van der Waals surface area contributed by atoms with Crippen molar-refractivity contribution in [2.45, 2.75) is 45.6 Å². The van der Waals surface area contributed by atoms with Crippen LogP contribution in [0.2, 0.25) is 0 Å². The molecule has 0 aromatic carbocycles. The van der Waals surface area contributed by atoms with Gasteiger partial charge in [0.15, 0.2) is 0 Å². The Hall–Kier alpha value is -0.0800. The monoisotopic (exact) mass is 184 g/mol. The molecule has 13 heavy (non-hydrogen) atoms. The molecule has 2 nitrogen and oxygen atoms in total. The molecule has 0 aromatic heterocycles. The fourth-order valence-electron chi connectivity index (χ4n) is 1.98. The molecule has 2 heteroatoms. The van der Waals surface area contributed by atoms with E-state index in [1.807, 2.05) is 0 Å². The van der Waals surface area contributed by atoms with Crippen molar-refractivity contribution in [3.8, 4) is 0 Å². The van der Waals surface area contributed by atoms with E-state index in [-0.39, 0.29) is 0 Å². The summed E-state index contributed by atoms with van der Waals surface area (Å²) in [5.74, 6) is 0. The molecule has 0 aliphatic carbocycles. The van der Waals surface area contributed by atoms with Gasteiger partial charge in [-0.3, -0.25) is 0 Å². The predicted octanol–water partition coefficient (Wildman–Crippen LogP) is 1.86. The van der Waals surface area contributed by atoms with Crippen molar-refractivity contribution in [1.82, 2.24) is 10.2 Å². The highest BCUT2D eigenvalue weighted by atomic mass is 15.1. The molecule has 0 aromatic rings. The number of nitrogens with zero attached hydrogens (tertiary/aromatic N) is 1. The Morgan fingerprint density at radius 2 is 2.23 bits per heavy atom. The van der Waals surface area contributed by atoms with E-state index in [2.05, 4.69) is 24.1 Å². The van der Waals surface area contributed by atoms with E-state index < -0.39 is 0 Å². The molecule has 1 fully saturated rings. The van der Waals surface area contributed by atoms with E-state index >= 15 is 0 Å². The van der Waals surface area contributed by atoms with Crippen molar-refractivity contribution in [1.29, 1.82) is 0 Å². The van der Waals surface area contributed by atoms with Gasteiger partial charge in [0, 0.05) is 12.6 Å². The lowest BCUT2D eigenvalue weighted by molar-refractivity contribution is 0.257. The smallest absolute Gasteiger partial charge is 0.0195 e. The topological polar surface area (TPSA) is 15.3 Å². The van der Waals surface area contributed by atoms with Crippen molar-refractivity contribution in [3.05, 3.63) is 0 Å². The summed E-state index contributed by atoms with van der Waals surface area (Å²) in [5, 5.41) is 3.56. The number of unbranched alkanes of at least 4 members (excludes halogenated alkanes) is 1. The van der Waals surface area contributed by atoms with E-state index in [0.717, 1.165) is 6.04 Å². The van der Waals surface area contributed by atoms with Gasteiger partial charge in [-0.25, -0.2) is 0 Å². The van der Waals surface area contributed by atoms with Gasteiger partial charge in [-0.15, -0.1) is 0 Å². The summed E-state index contributed by atoms with van der Waals surface area (Å²) in [6.07, 6.45) is 5.41. The molecular formula is C11H24N2. The molecular weight excluding hydrogens is 160 g/mol. The van der Waals surface area contributed by atoms with Crippen LogP contribution in [0.25, 0.3) is 0 Å². The second kappa shape index (κ2) is 6.39. The second-order valence-electron chi connectivity index (χ2n) is 4.04. The van der Waals surface area contributed by atoms with E-state index in [9.17, 15) is 0 Å². The quantitative estimate of drug-likeness (QED) is 0.678. The molecule has 1 N–H and O–H groups in total. The maximum absolute atomic E-state index is 3.56. The molecule has 1 saturated heterocycles. The molecule has 0 radical (unpaired) electrons. The molecule has 1 aliphatic rings. The molecule has 1 atom stereocenters. The molecule has 0 unspecified atom stereocenters. The van der Waals surface area contributed by atoms with Gasteiger partial charge < -0.3 is 10.2 Å². The first-order valence-corrected chi connectivity index (χ1v) is 5.82. The summed E-state index contributed by atoms with van der Waals surface area (Å²) in [7, 11) is 0. The number of likely N-dealkylation sites (N-methyl/N-ethyl adjacent to an activating group) is 1. The maximum atomic E-state index is 3.56. The first kappa shape index (κ1) is 11.0. The van der Waals surface area contributed by atoms with Crippen molar-refractivity contribution in [2.24, 2.45) is 0 Å². The third-order valence-corrected chi connectivity index (χ3v) is 2.92. The van der Waals surface area contributed by atoms with Gasteiger partial charge in [-0.05, 0) is 38.9 Å². The highest BCUT2D eigenvalue weighted by molar-refractivity contribution is 4.77. The van der Waals surface area contributed by atoms with E-state index in [1.165, 1.54) is 51.9 Å². The highest BCUT2D eigenvalue weighted by Crippen LogP contribution is 2.07. The van der Waals surface area contributed by atoms with E-state index in [0.29, 0.717) is 0 Å². The SMILES string of the molecule is CCCCN(CC)C[C@@H]1CCCN1. The van der Waals surface area contributed by atoms with Gasteiger partial charge >= 0.3 is 0 Å². The van der Waals surface area contributed by atoms with Crippen LogP contribution in [0, 0.1) is 0 Å². The van der Waals surface area contributed by atoms with Gasteiger partial charge in [-0.1, -0.05) is 20.3 Å². The van der Waals surface area contributed by atoms with Gasteiger partial charge in [-0.2, -0.15) is 0 Å². The summed E-state index contributed by atoms with van der Waals surface area (Å²) < 4.78 is 0. The predicted molar refractivity (Wildman–Crippen MR) is 58.0 cm³/mol. The molecule has 1 aliphatic heterocycles. The zero-order chi connectivity index (χ0) is 9.52. The lowest BCUT2D eigenvalue weighted by atomic mass is 10.2. The molecule has 0 spiro atoms. The molecule has 0 saturated carbocycles. The summed E-state index contributed by atoms with van der Waals surface area (Å²) in [5.41, 5.74) is 0. The molecule has 1 heterocycles. The Morgan fingerprint density at radius 3 is 2.77 bits per heavy atom. The zero-order valence-electron chi connectivity index (χ0n) is 9.18. The summed E-state index contributed by atoms with van der Waals surface area (Å²) in [4.78, 5) is 2.58. The summed E-state index contributed by atoms with van der Waals surface area (Å²) >= 11 is 0.